The van der Waals surface area contributed by atoms with E-state index in [1.165, 1.54) is 4.90 Å². The second kappa shape index (κ2) is 7.55. The van der Waals surface area contributed by atoms with Gasteiger partial charge in [0, 0.05) is 5.69 Å². The molecule has 2 amide bonds. The molecule has 1 aliphatic heterocycles. The SMILES string of the molecule is O=C1S[C@H](Nc2ccc(Oc3ccccc3)cc2)C(=O)N1c1ccccc1. The number of hydrogen-bond donors (Lipinski definition) is 1. The maximum atomic E-state index is 12.6. The van der Waals surface area contributed by atoms with Gasteiger partial charge in [0.25, 0.3) is 11.1 Å². The first kappa shape index (κ1) is 17.2. The zero-order valence-corrected chi connectivity index (χ0v) is 15.1. The fraction of sp³-hybridized carbons (Fsp3) is 0.0476. The Morgan fingerprint density at radius 3 is 2.04 bits per heavy atom. The zero-order valence-electron chi connectivity index (χ0n) is 14.2. The van der Waals surface area contributed by atoms with Crippen molar-refractivity contribution < 1.29 is 14.3 Å². The highest BCUT2D eigenvalue weighted by Crippen LogP contribution is 2.32. The molecule has 1 atom stereocenters. The van der Waals surface area contributed by atoms with Crippen molar-refractivity contribution in [2.45, 2.75) is 5.37 Å². The van der Waals surface area contributed by atoms with Crippen molar-refractivity contribution >= 4 is 34.3 Å². The number of thioether (sulfide) groups is 1. The number of ether oxygens (including phenoxy) is 1. The number of benzene rings is 3. The van der Waals surface area contributed by atoms with E-state index in [1.54, 1.807) is 24.3 Å². The van der Waals surface area contributed by atoms with E-state index in [0.29, 0.717) is 11.4 Å². The molecule has 0 unspecified atom stereocenters. The van der Waals surface area contributed by atoms with Crippen molar-refractivity contribution in [1.29, 1.82) is 0 Å². The van der Waals surface area contributed by atoms with E-state index in [4.69, 9.17) is 4.74 Å². The number of imide groups is 1. The molecule has 0 aliphatic carbocycles. The van der Waals surface area contributed by atoms with E-state index in [2.05, 4.69) is 5.32 Å². The number of nitrogens with zero attached hydrogens (tertiary/aromatic N) is 1. The number of carbonyl (C=O) groups excluding carboxylic acids is 2. The summed E-state index contributed by atoms with van der Waals surface area (Å²) in [7, 11) is 0. The first-order valence-electron chi connectivity index (χ1n) is 8.40. The minimum atomic E-state index is -0.654. The third-order valence-electron chi connectivity index (χ3n) is 3.99. The van der Waals surface area contributed by atoms with Gasteiger partial charge in [0.1, 0.15) is 11.5 Å². The number of para-hydroxylation sites is 2. The average Bonchev–Trinajstić information content (AvgIpc) is 2.98. The molecule has 0 aromatic heterocycles. The zero-order chi connectivity index (χ0) is 18.6. The van der Waals surface area contributed by atoms with E-state index in [-0.39, 0.29) is 11.1 Å². The third-order valence-corrected chi connectivity index (χ3v) is 4.93. The Morgan fingerprint density at radius 1 is 0.778 bits per heavy atom. The lowest BCUT2D eigenvalue weighted by Gasteiger charge is -2.15. The number of anilines is 2. The molecule has 3 aromatic rings. The van der Waals surface area contributed by atoms with Crippen LogP contribution in [0.4, 0.5) is 16.2 Å². The first-order chi connectivity index (χ1) is 13.2. The summed E-state index contributed by atoms with van der Waals surface area (Å²) in [5.74, 6) is 1.17. The molecule has 1 heterocycles. The molecule has 1 aliphatic rings. The van der Waals surface area contributed by atoms with Gasteiger partial charge in [-0.15, -0.1) is 0 Å². The lowest BCUT2D eigenvalue weighted by Crippen LogP contribution is -2.34. The van der Waals surface area contributed by atoms with Gasteiger partial charge >= 0.3 is 0 Å². The number of carbonyl (C=O) groups is 2. The number of nitrogens with one attached hydrogen (secondary N) is 1. The highest BCUT2D eigenvalue weighted by Gasteiger charge is 2.40. The summed E-state index contributed by atoms with van der Waals surface area (Å²) < 4.78 is 5.75. The molecule has 0 saturated carbocycles. The summed E-state index contributed by atoms with van der Waals surface area (Å²) in [5, 5.41) is 2.17. The number of hydrogen-bond acceptors (Lipinski definition) is 5. The minimum absolute atomic E-state index is 0.277. The molecule has 4 rings (SSSR count). The van der Waals surface area contributed by atoms with E-state index >= 15 is 0 Å². The molecular weight excluding hydrogens is 360 g/mol. The maximum absolute atomic E-state index is 12.6. The minimum Gasteiger partial charge on any atom is -0.457 e. The van der Waals surface area contributed by atoms with Gasteiger partial charge in [-0.1, -0.05) is 36.4 Å². The largest absolute Gasteiger partial charge is 0.457 e. The molecule has 5 nitrogen and oxygen atoms in total. The molecule has 3 aromatic carbocycles. The first-order valence-corrected chi connectivity index (χ1v) is 9.28. The van der Waals surface area contributed by atoms with Crippen molar-refractivity contribution in [3.63, 3.8) is 0 Å². The molecule has 0 spiro atoms. The predicted octanol–water partition coefficient (Wildman–Crippen LogP) is 5.12. The summed E-state index contributed by atoms with van der Waals surface area (Å²) in [6.07, 6.45) is 0. The molecule has 0 radical (unpaired) electrons. The van der Waals surface area contributed by atoms with Gasteiger partial charge in [0.2, 0.25) is 0 Å². The van der Waals surface area contributed by atoms with Crippen LogP contribution in [0, 0.1) is 0 Å². The van der Waals surface area contributed by atoms with Gasteiger partial charge in [-0.3, -0.25) is 9.59 Å². The predicted molar refractivity (Wildman–Crippen MR) is 107 cm³/mol. The Labute approximate surface area is 161 Å². The van der Waals surface area contributed by atoms with E-state index < -0.39 is 5.37 Å². The van der Waals surface area contributed by atoms with E-state index in [1.807, 2.05) is 60.7 Å². The van der Waals surface area contributed by atoms with Crippen molar-refractivity contribution in [2.75, 3.05) is 10.2 Å². The summed E-state index contributed by atoms with van der Waals surface area (Å²) in [4.78, 5) is 26.1. The highest BCUT2D eigenvalue weighted by molar-refractivity contribution is 8.16. The van der Waals surface area contributed by atoms with E-state index in [9.17, 15) is 9.59 Å². The second-order valence-corrected chi connectivity index (χ2v) is 6.91. The Morgan fingerprint density at radius 2 is 1.37 bits per heavy atom. The molecule has 27 heavy (non-hydrogen) atoms. The lowest BCUT2D eigenvalue weighted by molar-refractivity contribution is -0.116. The van der Waals surface area contributed by atoms with Gasteiger partial charge in [-0.2, -0.15) is 0 Å². The van der Waals surface area contributed by atoms with Crippen LogP contribution < -0.4 is 15.0 Å². The van der Waals surface area contributed by atoms with Gasteiger partial charge in [-0.25, -0.2) is 4.90 Å². The molecule has 1 saturated heterocycles. The van der Waals surface area contributed by atoms with Crippen molar-refractivity contribution in [3.05, 3.63) is 84.9 Å². The van der Waals surface area contributed by atoms with Crippen LogP contribution in [-0.4, -0.2) is 16.5 Å². The van der Waals surface area contributed by atoms with Gasteiger partial charge in [0.05, 0.1) is 5.69 Å². The van der Waals surface area contributed by atoms with Crippen LogP contribution in [-0.2, 0) is 4.79 Å². The van der Waals surface area contributed by atoms with Gasteiger partial charge < -0.3 is 10.1 Å². The molecule has 1 N–H and O–H groups in total. The van der Waals surface area contributed by atoms with Crippen LogP contribution in [0.5, 0.6) is 11.5 Å². The topological polar surface area (TPSA) is 58.6 Å². The van der Waals surface area contributed by atoms with Crippen LogP contribution in [0.3, 0.4) is 0 Å². The smallest absolute Gasteiger partial charge is 0.295 e. The Hall–Kier alpha value is -3.25. The normalized spacial score (nSPS) is 16.4. The summed E-state index contributed by atoms with van der Waals surface area (Å²) in [5.41, 5.74) is 1.32. The Kier molecular flexibility index (Phi) is 4.80. The van der Waals surface area contributed by atoms with Crippen molar-refractivity contribution in [2.24, 2.45) is 0 Å². The summed E-state index contributed by atoms with van der Waals surface area (Å²) >= 11 is 0.973. The standard InChI is InChI=1S/C21H16N2O3S/c24-20-19(27-21(25)23(20)16-7-3-1-4-8-16)22-15-11-13-18(14-12-15)26-17-9-5-2-6-10-17/h1-14,19,22H/t19-/m0/s1. The Bertz CT molecular complexity index is 946. The number of rotatable bonds is 5. The molecule has 1 fully saturated rings. The fourth-order valence-corrected chi connectivity index (χ4v) is 3.61. The van der Waals surface area contributed by atoms with Crippen LogP contribution in [0.1, 0.15) is 0 Å². The van der Waals surface area contributed by atoms with Crippen LogP contribution in [0.15, 0.2) is 84.9 Å². The Balaban J connectivity index is 1.43. The molecule has 134 valence electrons. The van der Waals surface area contributed by atoms with Crippen LogP contribution in [0.2, 0.25) is 0 Å². The molecular formula is C21H16N2O3S. The fourth-order valence-electron chi connectivity index (χ4n) is 2.71. The maximum Gasteiger partial charge on any atom is 0.295 e. The quantitative estimate of drug-likeness (QED) is 0.670. The van der Waals surface area contributed by atoms with Crippen LogP contribution in [0.25, 0.3) is 0 Å². The molecule has 6 heteroatoms. The van der Waals surface area contributed by atoms with Crippen molar-refractivity contribution in [3.8, 4) is 11.5 Å². The summed E-state index contributed by atoms with van der Waals surface area (Å²) in [6, 6.07) is 25.7. The van der Waals surface area contributed by atoms with Crippen molar-refractivity contribution in [1.82, 2.24) is 0 Å². The van der Waals surface area contributed by atoms with Gasteiger partial charge in [0.15, 0.2) is 5.37 Å². The summed E-state index contributed by atoms with van der Waals surface area (Å²) in [6.45, 7) is 0. The van der Waals surface area contributed by atoms with E-state index in [0.717, 1.165) is 23.2 Å². The number of amides is 2. The lowest BCUT2D eigenvalue weighted by atomic mass is 10.2. The highest BCUT2D eigenvalue weighted by atomic mass is 32.2. The van der Waals surface area contributed by atoms with Crippen LogP contribution >= 0.6 is 11.8 Å². The average molecular weight is 376 g/mol. The monoisotopic (exact) mass is 376 g/mol. The third kappa shape index (κ3) is 3.80. The molecule has 0 bridgehead atoms. The van der Waals surface area contributed by atoms with Gasteiger partial charge in [-0.05, 0) is 60.3 Å². The second-order valence-electron chi connectivity index (χ2n) is 5.86.